The lowest BCUT2D eigenvalue weighted by atomic mass is 10.0. The number of hydrogen-bond donors (Lipinski definition) is 3. The first kappa shape index (κ1) is 27.4. The van der Waals surface area contributed by atoms with Crippen LogP contribution in [0.3, 0.4) is 0 Å². The number of nitrogens with zero attached hydrogens (tertiary/aromatic N) is 1. The Morgan fingerprint density at radius 3 is 2.55 bits per heavy atom. The van der Waals surface area contributed by atoms with Gasteiger partial charge in [-0.05, 0) is 26.0 Å². The van der Waals surface area contributed by atoms with Gasteiger partial charge in [-0.15, -0.1) is 0 Å². The van der Waals surface area contributed by atoms with Gasteiger partial charge in [0.2, 0.25) is 20.0 Å². The average molecular weight is 541 g/mol. The van der Waals surface area contributed by atoms with Gasteiger partial charge in [0, 0.05) is 12.3 Å². The van der Waals surface area contributed by atoms with E-state index < -0.39 is 37.1 Å². The minimum Gasteiger partial charge on any atom is -0.465 e. The summed E-state index contributed by atoms with van der Waals surface area (Å²) in [5.74, 6) is -1.05. The molecule has 33 heavy (non-hydrogen) atoms. The molecule has 0 radical (unpaired) electrons. The van der Waals surface area contributed by atoms with Gasteiger partial charge in [-0.25, -0.2) is 22.0 Å². The highest BCUT2D eigenvalue weighted by Crippen LogP contribution is 2.33. The quantitative estimate of drug-likeness (QED) is 0.301. The fourth-order valence-corrected chi connectivity index (χ4v) is 6.00. The lowest BCUT2D eigenvalue weighted by Gasteiger charge is -2.34. The minimum atomic E-state index is -4.26. The summed E-state index contributed by atoms with van der Waals surface area (Å²) in [6.07, 6.45) is -0.813. The maximum atomic E-state index is 12.8. The number of fused-ring (bicyclic) bond motifs is 1. The van der Waals surface area contributed by atoms with Crippen molar-refractivity contribution in [3.05, 3.63) is 17.2 Å². The number of rotatable bonds is 9. The molecule has 0 saturated heterocycles. The van der Waals surface area contributed by atoms with Crippen LogP contribution in [0.5, 0.6) is 0 Å². The van der Waals surface area contributed by atoms with E-state index in [2.05, 4.69) is 10.0 Å². The monoisotopic (exact) mass is 540 g/mol. The first-order chi connectivity index (χ1) is 15.2. The second kappa shape index (κ2) is 10.6. The molecule has 1 heterocycles. The van der Waals surface area contributed by atoms with Crippen LogP contribution in [0.25, 0.3) is 0 Å². The van der Waals surface area contributed by atoms with Gasteiger partial charge in [-0.1, -0.05) is 30.7 Å². The Kier molecular flexibility index (Phi) is 8.81. The number of carbonyl (C=O) groups excluding carboxylic acids is 2. The molecule has 0 amide bonds. The van der Waals surface area contributed by atoms with Gasteiger partial charge in [-0.2, -0.15) is 4.72 Å². The largest absolute Gasteiger partial charge is 0.465 e. The van der Waals surface area contributed by atoms with Gasteiger partial charge in [0.15, 0.2) is 0 Å². The Balaban J connectivity index is 2.36. The first-order valence-corrected chi connectivity index (χ1v) is 13.6. The summed E-state index contributed by atoms with van der Waals surface area (Å²) in [6.45, 7) is 4.59. The average Bonchev–Trinajstić information content (AvgIpc) is 2.64. The molecular formula is C18H25ClN4O7S3. The van der Waals surface area contributed by atoms with Crippen LogP contribution in [0.1, 0.15) is 27.2 Å². The second-order valence-electron chi connectivity index (χ2n) is 7.47. The minimum absolute atomic E-state index is 0.0509. The zero-order chi connectivity index (χ0) is 25.1. The molecule has 0 fully saturated rings. The zero-order valence-electron chi connectivity index (χ0n) is 18.1. The van der Waals surface area contributed by atoms with Crippen molar-refractivity contribution in [3.63, 3.8) is 0 Å². The summed E-state index contributed by atoms with van der Waals surface area (Å²) in [4.78, 5) is 24.5. The van der Waals surface area contributed by atoms with E-state index in [9.17, 15) is 26.4 Å². The Hall–Kier alpha value is -1.84. The third-order valence-corrected chi connectivity index (χ3v) is 8.16. The van der Waals surface area contributed by atoms with Crippen LogP contribution >= 0.6 is 23.8 Å². The number of thiocarbonyl (C=S) groups is 1. The molecule has 11 nitrogen and oxygen atoms in total. The number of ketones is 1. The number of benzene rings is 1. The third kappa shape index (κ3) is 7.07. The predicted octanol–water partition coefficient (Wildman–Crippen LogP) is 0.825. The summed E-state index contributed by atoms with van der Waals surface area (Å²) < 4.78 is 56.4. The molecule has 2 atom stereocenters. The highest BCUT2D eigenvalue weighted by Gasteiger charge is 2.34. The lowest BCUT2D eigenvalue weighted by Crippen LogP contribution is -2.53. The molecule has 2 unspecified atom stereocenters. The molecule has 1 aromatic carbocycles. The van der Waals surface area contributed by atoms with Crippen molar-refractivity contribution in [1.29, 1.82) is 0 Å². The van der Waals surface area contributed by atoms with Gasteiger partial charge >= 0.3 is 5.97 Å². The maximum Gasteiger partial charge on any atom is 0.325 e. The number of ether oxygens (including phenoxy) is 1. The van der Waals surface area contributed by atoms with E-state index >= 15 is 0 Å². The van der Waals surface area contributed by atoms with Gasteiger partial charge in [-0.3, -0.25) is 4.79 Å². The summed E-state index contributed by atoms with van der Waals surface area (Å²) >= 11 is 11.5. The van der Waals surface area contributed by atoms with Crippen LogP contribution in [0.2, 0.25) is 5.02 Å². The van der Waals surface area contributed by atoms with Gasteiger partial charge in [0.25, 0.3) is 0 Å². The number of carbonyl (C=O) groups is 2. The number of anilines is 1. The number of nitrogens with one attached hydrogen (secondary N) is 2. The number of esters is 1. The van der Waals surface area contributed by atoms with Crippen LogP contribution in [0.4, 0.5) is 5.69 Å². The Morgan fingerprint density at radius 2 is 2.00 bits per heavy atom. The molecule has 1 aliphatic heterocycles. The van der Waals surface area contributed by atoms with Crippen LogP contribution in [-0.2, 0) is 34.4 Å². The van der Waals surface area contributed by atoms with Gasteiger partial charge in [0.05, 0.1) is 28.9 Å². The summed E-state index contributed by atoms with van der Waals surface area (Å²) in [5, 5.41) is 7.76. The van der Waals surface area contributed by atoms with Crippen LogP contribution in [0.15, 0.2) is 21.9 Å². The van der Waals surface area contributed by atoms with Crippen molar-refractivity contribution in [3.8, 4) is 0 Å². The van der Waals surface area contributed by atoms with Crippen molar-refractivity contribution in [1.82, 2.24) is 9.62 Å². The van der Waals surface area contributed by atoms with Crippen molar-refractivity contribution >= 4 is 66.3 Å². The molecule has 2 rings (SSSR count). The van der Waals surface area contributed by atoms with E-state index in [0.717, 1.165) is 12.1 Å². The molecule has 15 heteroatoms. The topological polar surface area (TPSA) is 165 Å². The Morgan fingerprint density at radius 1 is 1.36 bits per heavy atom. The number of nitrogens with two attached hydrogens (primary N) is 1. The summed E-state index contributed by atoms with van der Waals surface area (Å²) in [6, 6.07) is 2.02. The number of primary sulfonamides is 1. The summed E-state index contributed by atoms with van der Waals surface area (Å²) in [5.41, 5.74) is 0.0509. The van der Waals surface area contributed by atoms with Crippen molar-refractivity contribution in [2.24, 2.45) is 11.1 Å². The Labute approximate surface area is 203 Å². The van der Waals surface area contributed by atoms with E-state index in [1.54, 1.807) is 13.8 Å². The van der Waals surface area contributed by atoms with E-state index in [4.69, 9.17) is 33.7 Å². The van der Waals surface area contributed by atoms with Crippen LogP contribution < -0.4 is 15.2 Å². The number of Topliss-reactive ketones (excluding diaryl/α,β-unsaturated/α-hetero) is 1. The van der Waals surface area contributed by atoms with Crippen molar-refractivity contribution in [2.75, 3.05) is 25.0 Å². The van der Waals surface area contributed by atoms with E-state index in [0.29, 0.717) is 0 Å². The Bertz CT molecular complexity index is 1170. The number of hydrogen-bond acceptors (Lipinski definition) is 9. The van der Waals surface area contributed by atoms with E-state index in [1.807, 2.05) is 0 Å². The highest BCUT2D eigenvalue weighted by atomic mass is 35.5. The molecule has 1 aliphatic rings. The fourth-order valence-electron chi connectivity index (χ4n) is 3.28. The first-order valence-electron chi connectivity index (χ1n) is 9.74. The summed E-state index contributed by atoms with van der Waals surface area (Å²) in [7, 11) is -8.43. The smallest absolute Gasteiger partial charge is 0.325 e. The second-order valence-corrected chi connectivity index (χ2v) is 11.5. The molecule has 0 bridgehead atoms. The fraction of sp³-hybridized carbons (Fsp3) is 0.500. The standard InChI is InChI=1S/C18H25ClN4O7S3/c1-4-30-17(25)9-23(18(31)10(2)5-11(3)24)8-16-21-13-6-12(19)14(32(20,26)27)7-15(13)33(28,29)22-16/h6-7,10,16,21-22H,4-5,8-9H2,1-3H3,(H2,20,26,27). The third-order valence-electron chi connectivity index (χ3n) is 4.61. The highest BCUT2D eigenvalue weighted by molar-refractivity contribution is 7.90. The molecule has 0 saturated carbocycles. The molecule has 184 valence electrons. The molecule has 4 N–H and O–H groups in total. The molecule has 1 aromatic rings. The van der Waals surface area contributed by atoms with E-state index in [1.165, 1.54) is 11.8 Å². The van der Waals surface area contributed by atoms with Crippen LogP contribution in [-0.4, -0.2) is 64.3 Å². The lowest BCUT2D eigenvalue weighted by molar-refractivity contribution is -0.143. The molecule has 0 aliphatic carbocycles. The van der Waals surface area contributed by atoms with Gasteiger partial charge in [0.1, 0.15) is 28.3 Å². The molecule has 0 aromatic heterocycles. The normalized spacial score (nSPS) is 17.9. The molecule has 0 spiro atoms. The molecular weight excluding hydrogens is 516 g/mol. The van der Waals surface area contributed by atoms with Crippen LogP contribution in [0, 0.1) is 5.92 Å². The predicted molar refractivity (Wildman–Crippen MR) is 126 cm³/mol. The SMILES string of the molecule is CCOC(=O)CN(CC1Nc2cc(Cl)c(S(N)(=O)=O)cc2S(=O)(=O)N1)C(=S)C(C)CC(C)=O. The number of halogens is 1. The van der Waals surface area contributed by atoms with Crippen molar-refractivity contribution in [2.45, 2.75) is 43.1 Å². The zero-order valence-corrected chi connectivity index (χ0v) is 21.3. The van der Waals surface area contributed by atoms with Gasteiger partial charge < -0.3 is 19.7 Å². The number of sulfonamides is 2. The maximum absolute atomic E-state index is 12.8. The van der Waals surface area contributed by atoms with E-state index in [-0.39, 0.29) is 58.4 Å². The van der Waals surface area contributed by atoms with Crippen molar-refractivity contribution < 1.29 is 31.2 Å².